The highest BCUT2D eigenvalue weighted by atomic mass is 79.9. The molecule has 7 heteroatoms. The monoisotopic (exact) mass is 346 g/mol. The van der Waals surface area contributed by atoms with Gasteiger partial charge in [0.15, 0.2) is 18.2 Å². The van der Waals surface area contributed by atoms with Crippen LogP contribution in [-0.2, 0) is 9.59 Å². The van der Waals surface area contributed by atoms with Gasteiger partial charge < -0.3 is 15.4 Å². The zero-order valence-electron chi connectivity index (χ0n) is 11.2. The smallest absolute Gasteiger partial charge is 0.258 e. The van der Waals surface area contributed by atoms with Crippen molar-refractivity contribution in [2.45, 2.75) is 19.9 Å². The highest BCUT2D eigenvalue weighted by Crippen LogP contribution is 2.21. The van der Waals surface area contributed by atoms with Crippen LogP contribution in [0.4, 0.5) is 4.39 Å². The van der Waals surface area contributed by atoms with Crippen LogP contribution in [0.15, 0.2) is 22.7 Å². The second kappa shape index (κ2) is 7.84. The van der Waals surface area contributed by atoms with Gasteiger partial charge in [0, 0.05) is 10.5 Å². The Labute approximate surface area is 125 Å². The second-order valence-electron chi connectivity index (χ2n) is 4.36. The molecule has 0 aromatic heterocycles. The Morgan fingerprint density at radius 3 is 2.65 bits per heavy atom. The van der Waals surface area contributed by atoms with Crippen LogP contribution in [0, 0.1) is 5.82 Å². The number of nitrogens with one attached hydrogen (secondary N) is 2. The Hall–Kier alpha value is -1.63. The number of hydrogen-bond donors (Lipinski definition) is 2. The topological polar surface area (TPSA) is 67.4 Å². The van der Waals surface area contributed by atoms with Gasteiger partial charge >= 0.3 is 0 Å². The normalized spacial score (nSPS) is 10.2. The van der Waals surface area contributed by atoms with Gasteiger partial charge in [0.2, 0.25) is 5.91 Å². The first-order chi connectivity index (χ1) is 9.38. The van der Waals surface area contributed by atoms with Gasteiger partial charge in [0.05, 0.1) is 6.54 Å². The summed E-state index contributed by atoms with van der Waals surface area (Å²) in [5, 5.41) is 5.01. The molecule has 2 amide bonds. The summed E-state index contributed by atoms with van der Waals surface area (Å²) < 4.78 is 19.0. The third-order valence-corrected chi connectivity index (χ3v) is 2.64. The summed E-state index contributed by atoms with van der Waals surface area (Å²) in [5.74, 6) is -1.37. The number of benzene rings is 1. The lowest BCUT2D eigenvalue weighted by Crippen LogP contribution is -2.41. The van der Waals surface area contributed by atoms with Crippen molar-refractivity contribution in [2.24, 2.45) is 0 Å². The molecule has 0 aliphatic rings. The molecular weight excluding hydrogens is 331 g/mol. The Morgan fingerprint density at radius 2 is 2.05 bits per heavy atom. The molecule has 0 saturated heterocycles. The molecule has 0 aliphatic heterocycles. The predicted octanol–water partition coefficient (Wildman–Crippen LogP) is 1.61. The Morgan fingerprint density at radius 1 is 1.35 bits per heavy atom. The summed E-state index contributed by atoms with van der Waals surface area (Å²) in [6, 6.07) is 4.26. The van der Waals surface area contributed by atoms with Gasteiger partial charge in [0.25, 0.3) is 5.91 Å². The lowest BCUT2D eigenvalue weighted by molar-refractivity contribution is -0.127. The molecule has 0 spiro atoms. The van der Waals surface area contributed by atoms with Crippen LogP contribution in [-0.4, -0.2) is 31.0 Å². The maximum absolute atomic E-state index is 13.4. The number of hydrogen-bond acceptors (Lipinski definition) is 3. The summed E-state index contributed by atoms with van der Waals surface area (Å²) in [7, 11) is 0. The third-order valence-electron chi connectivity index (χ3n) is 2.15. The van der Waals surface area contributed by atoms with Crippen molar-refractivity contribution in [3.8, 4) is 5.75 Å². The van der Waals surface area contributed by atoms with E-state index in [1.807, 2.05) is 13.8 Å². The van der Waals surface area contributed by atoms with E-state index in [0.29, 0.717) is 4.47 Å². The van der Waals surface area contributed by atoms with E-state index < -0.39 is 11.7 Å². The molecule has 0 fully saturated rings. The molecule has 0 heterocycles. The van der Waals surface area contributed by atoms with Crippen molar-refractivity contribution in [1.82, 2.24) is 10.6 Å². The van der Waals surface area contributed by atoms with Crippen molar-refractivity contribution in [2.75, 3.05) is 13.2 Å². The van der Waals surface area contributed by atoms with E-state index in [2.05, 4.69) is 26.6 Å². The first kappa shape index (κ1) is 16.4. The molecule has 5 nitrogen and oxygen atoms in total. The minimum absolute atomic E-state index is 0.00696. The van der Waals surface area contributed by atoms with Crippen molar-refractivity contribution >= 4 is 27.7 Å². The van der Waals surface area contributed by atoms with Crippen LogP contribution in [0.3, 0.4) is 0 Å². The Balaban J connectivity index is 2.34. The van der Waals surface area contributed by atoms with Crippen LogP contribution in [0.5, 0.6) is 5.75 Å². The first-order valence-electron chi connectivity index (χ1n) is 6.02. The Bertz CT molecular complexity index is 495. The van der Waals surface area contributed by atoms with E-state index in [1.165, 1.54) is 12.1 Å². The molecule has 0 atom stereocenters. The Kier molecular flexibility index (Phi) is 6.44. The van der Waals surface area contributed by atoms with Crippen molar-refractivity contribution in [3.63, 3.8) is 0 Å². The summed E-state index contributed by atoms with van der Waals surface area (Å²) in [6.45, 7) is 3.15. The van der Waals surface area contributed by atoms with E-state index in [0.717, 1.165) is 0 Å². The maximum Gasteiger partial charge on any atom is 0.258 e. The molecule has 0 radical (unpaired) electrons. The lowest BCUT2D eigenvalue weighted by atomic mass is 10.3. The van der Waals surface area contributed by atoms with Crippen LogP contribution in [0.2, 0.25) is 0 Å². The van der Waals surface area contributed by atoms with Gasteiger partial charge in [-0.05, 0) is 32.0 Å². The third kappa shape index (κ3) is 6.01. The predicted molar refractivity (Wildman–Crippen MR) is 75.9 cm³/mol. The SMILES string of the molecule is CC(C)NC(=O)CNC(=O)COc1ccc(Br)cc1F. The average Bonchev–Trinajstić information content (AvgIpc) is 2.34. The molecule has 2 N–H and O–H groups in total. The minimum atomic E-state index is -0.565. The molecule has 0 saturated carbocycles. The molecule has 110 valence electrons. The number of carbonyl (C=O) groups is 2. The molecule has 20 heavy (non-hydrogen) atoms. The molecule has 1 aromatic carbocycles. The summed E-state index contributed by atoms with van der Waals surface area (Å²) in [5.41, 5.74) is 0. The number of carbonyl (C=O) groups excluding carboxylic acids is 2. The average molecular weight is 347 g/mol. The summed E-state index contributed by atoms with van der Waals surface area (Å²) in [6.07, 6.45) is 0. The zero-order chi connectivity index (χ0) is 15.1. The lowest BCUT2D eigenvalue weighted by Gasteiger charge is -2.10. The zero-order valence-corrected chi connectivity index (χ0v) is 12.8. The van der Waals surface area contributed by atoms with Crippen LogP contribution in [0.1, 0.15) is 13.8 Å². The minimum Gasteiger partial charge on any atom is -0.481 e. The molecule has 1 aromatic rings. The molecule has 1 rings (SSSR count). The maximum atomic E-state index is 13.4. The van der Waals surface area contributed by atoms with Gasteiger partial charge in [-0.3, -0.25) is 9.59 Å². The number of ether oxygens (including phenoxy) is 1. The molecule has 0 unspecified atom stereocenters. The largest absolute Gasteiger partial charge is 0.481 e. The van der Waals surface area contributed by atoms with E-state index in [4.69, 9.17) is 4.74 Å². The van der Waals surface area contributed by atoms with Crippen LogP contribution >= 0.6 is 15.9 Å². The molecule has 0 aliphatic carbocycles. The number of rotatable bonds is 6. The van der Waals surface area contributed by atoms with Gasteiger partial charge in [-0.25, -0.2) is 4.39 Å². The highest BCUT2D eigenvalue weighted by molar-refractivity contribution is 9.10. The fourth-order valence-electron chi connectivity index (χ4n) is 1.34. The standard InChI is InChI=1S/C13H16BrFN2O3/c1-8(2)17-12(18)6-16-13(19)7-20-11-4-3-9(14)5-10(11)15/h3-5,8H,6-7H2,1-2H3,(H,16,19)(H,17,18). The van der Waals surface area contributed by atoms with E-state index in [1.54, 1.807) is 6.07 Å². The fraction of sp³-hybridized carbons (Fsp3) is 0.385. The van der Waals surface area contributed by atoms with Crippen molar-refractivity contribution in [1.29, 1.82) is 0 Å². The first-order valence-corrected chi connectivity index (χ1v) is 6.81. The van der Waals surface area contributed by atoms with E-state index in [-0.39, 0.29) is 30.9 Å². The highest BCUT2D eigenvalue weighted by Gasteiger charge is 2.09. The fourth-order valence-corrected chi connectivity index (χ4v) is 1.67. The molecule has 0 bridgehead atoms. The van der Waals surface area contributed by atoms with Crippen LogP contribution < -0.4 is 15.4 Å². The van der Waals surface area contributed by atoms with Crippen molar-refractivity contribution in [3.05, 3.63) is 28.5 Å². The quantitative estimate of drug-likeness (QED) is 0.822. The second-order valence-corrected chi connectivity index (χ2v) is 5.28. The van der Waals surface area contributed by atoms with E-state index >= 15 is 0 Å². The van der Waals surface area contributed by atoms with Gasteiger partial charge in [-0.2, -0.15) is 0 Å². The molecular formula is C13H16BrFN2O3. The summed E-state index contributed by atoms with van der Waals surface area (Å²) >= 11 is 3.12. The van der Waals surface area contributed by atoms with Gasteiger partial charge in [-0.1, -0.05) is 15.9 Å². The van der Waals surface area contributed by atoms with Gasteiger partial charge in [0.1, 0.15) is 0 Å². The van der Waals surface area contributed by atoms with Gasteiger partial charge in [-0.15, -0.1) is 0 Å². The van der Waals surface area contributed by atoms with Crippen molar-refractivity contribution < 1.29 is 18.7 Å². The van der Waals surface area contributed by atoms with E-state index in [9.17, 15) is 14.0 Å². The number of halogens is 2. The van der Waals surface area contributed by atoms with Crippen LogP contribution in [0.25, 0.3) is 0 Å². The summed E-state index contributed by atoms with van der Waals surface area (Å²) in [4.78, 5) is 22.7. The number of amides is 2.